The molecule has 0 bridgehead atoms. The molecule has 0 heterocycles. The molecule has 0 spiro atoms. The van der Waals surface area contributed by atoms with E-state index in [-0.39, 0.29) is 18.0 Å². The van der Waals surface area contributed by atoms with E-state index in [9.17, 15) is 18.0 Å². The van der Waals surface area contributed by atoms with E-state index in [0.29, 0.717) is 11.3 Å². The minimum absolute atomic E-state index is 0.0945. The molecule has 2 aromatic rings. The molecule has 0 aromatic heterocycles. The number of alkyl halides is 3. The highest BCUT2D eigenvalue weighted by atomic mass is 19.4. The fourth-order valence-electron chi connectivity index (χ4n) is 1.92. The van der Waals surface area contributed by atoms with Crippen molar-refractivity contribution in [3.63, 3.8) is 0 Å². The van der Waals surface area contributed by atoms with Crippen LogP contribution in [0.1, 0.15) is 21.5 Å². The molecule has 0 radical (unpaired) electrons. The SMILES string of the molecule is N#CCOc1ccc(C(=O)C=Cc2cccc(C(F)(F)F)c2)cc1. The van der Waals surface area contributed by atoms with E-state index >= 15 is 0 Å². The number of ether oxygens (including phenoxy) is 1. The van der Waals surface area contributed by atoms with E-state index in [2.05, 4.69) is 0 Å². The first kappa shape index (κ1) is 17.3. The van der Waals surface area contributed by atoms with Gasteiger partial charge in [0.1, 0.15) is 11.8 Å². The van der Waals surface area contributed by atoms with Crippen molar-refractivity contribution in [3.05, 3.63) is 71.3 Å². The Morgan fingerprint density at radius 1 is 1.17 bits per heavy atom. The van der Waals surface area contributed by atoms with E-state index < -0.39 is 11.7 Å². The summed E-state index contributed by atoms with van der Waals surface area (Å²) in [5.74, 6) is 0.106. The number of hydrogen-bond donors (Lipinski definition) is 0. The Labute approximate surface area is 136 Å². The Hall–Kier alpha value is -3.07. The molecule has 0 aliphatic heterocycles. The summed E-state index contributed by atoms with van der Waals surface area (Å²) in [6, 6.07) is 12.7. The molecule has 0 aliphatic carbocycles. The number of rotatable bonds is 5. The number of nitriles is 1. The van der Waals surface area contributed by atoms with Gasteiger partial charge in [-0.1, -0.05) is 18.2 Å². The van der Waals surface area contributed by atoms with Gasteiger partial charge in [-0.2, -0.15) is 18.4 Å². The first-order valence-corrected chi connectivity index (χ1v) is 6.89. The zero-order chi connectivity index (χ0) is 17.6. The van der Waals surface area contributed by atoms with Gasteiger partial charge < -0.3 is 4.74 Å². The van der Waals surface area contributed by atoms with Crippen molar-refractivity contribution < 1.29 is 22.7 Å². The fourth-order valence-corrected chi connectivity index (χ4v) is 1.92. The van der Waals surface area contributed by atoms with Crippen molar-refractivity contribution in [3.8, 4) is 11.8 Å². The van der Waals surface area contributed by atoms with Crippen LogP contribution in [0.5, 0.6) is 5.75 Å². The number of halogens is 3. The molecule has 0 fully saturated rings. The van der Waals surface area contributed by atoms with Gasteiger partial charge in [0.2, 0.25) is 0 Å². The van der Waals surface area contributed by atoms with Crippen LogP contribution in [0, 0.1) is 11.3 Å². The second kappa shape index (κ2) is 7.47. The molecule has 0 N–H and O–H groups in total. The second-order valence-corrected chi connectivity index (χ2v) is 4.79. The number of hydrogen-bond acceptors (Lipinski definition) is 3. The average molecular weight is 331 g/mol. The third-order valence-corrected chi connectivity index (χ3v) is 3.08. The maximum Gasteiger partial charge on any atom is 0.416 e. The quantitative estimate of drug-likeness (QED) is 0.598. The Kier molecular flexibility index (Phi) is 5.38. The highest BCUT2D eigenvalue weighted by Gasteiger charge is 2.30. The zero-order valence-corrected chi connectivity index (χ0v) is 12.4. The molecule has 0 atom stereocenters. The van der Waals surface area contributed by atoms with Crippen LogP contribution >= 0.6 is 0 Å². The largest absolute Gasteiger partial charge is 0.479 e. The summed E-state index contributed by atoms with van der Waals surface area (Å²) in [5, 5.41) is 8.41. The third-order valence-electron chi connectivity index (χ3n) is 3.08. The number of carbonyl (C=O) groups excluding carboxylic acids is 1. The van der Waals surface area contributed by atoms with Crippen LogP contribution in [-0.2, 0) is 6.18 Å². The van der Waals surface area contributed by atoms with Gasteiger partial charge in [0.05, 0.1) is 5.56 Å². The molecule has 3 nitrogen and oxygen atoms in total. The highest BCUT2D eigenvalue weighted by molar-refractivity contribution is 6.06. The van der Waals surface area contributed by atoms with Gasteiger partial charge in [-0.15, -0.1) is 0 Å². The lowest BCUT2D eigenvalue weighted by Crippen LogP contribution is -2.04. The Morgan fingerprint density at radius 3 is 2.50 bits per heavy atom. The van der Waals surface area contributed by atoms with E-state index in [1.54, 1.807) is 12.1 Å². The minimum atomic E-state index is -4.42. The maximum atomic E-state index is 12.6. The topological polar surface area (TPSA) is 50.1 Å². The molecule has 122 valence electrons. The molecule has 2 aromatic carbocycles. The summed E-state index contributed by atoms with van der Waals surface area (Å²) >= 11 is 0. The minimum Gasteiger partial charge on any atom is -0.479 e. The van der Waals surface area contributed by atoms with E-state index in [4.69, 9.17) is 10.00 Å². The van der Waals surface area contributed by atoms with Crippen molar-refractivity contribution >= 4 is 11.9 Å². The predicted octanol–water partition coefficient (Wildman–Crippen LogP) is 4.50. The van der Waals surface area contributed by atoms with Crippen LogP contribution in [0.4, 0.5) is 13.2 Å². The smallest absolute Gasteiger partial charge is 0.416 e. The maximum absolute atomic E-state index is 12.6. The second-order valence-electron chi connectivity index (χ2n) is 4.79. The number of ketones is 1. The van der Waals surface area contributed by atoms with Gasteiger partial charge in [-0.3, -0.25) is 4.79 Å². The van der Waals surface area contributed by atoms with Crippen LogP contribution in [0.15, 0.2) is 54.6 Å². The van der Waals surface area contributed by atoms with Crippen LogP contribution in [0.3, 0.4) is 0 Å². The number of benzene rings is 2. The first-order chi connectivity index (χ1) is 11.4. The number of carbonyl (C=O) groups is 1. The van der Waals surface area contributed by atoms with Crippen LogP contribution in [0.2, 0.25) is 0 Å². The van der Waals surface area contributed by atoms with Gasteiger partial charge in [-0.25, -0.2) is 0 Å². The summed E-state index contributed by atoms with van der Waals surface area (Å²) in [5.41, 5.74) is -0.120. The Balaban J connectivity index is 2.09. The van der Waals surface area contributed by atoms with E-state index in [0.717, 1.165) is 12.1 Å². The molecule has 24 heavy (non-hydrogen) atoms. The first-order valence-electron chi connectivity index (χ1n) is 6.89. The van der Waals surface area contributed by atoms with Gasteiger partial charge in [0.25, 0.3) is 0 Å². The molecule has 6 heteroatoms. The number of nitrogens with zero attached hydrogens (tertiary/aromatic N) is 1. The van der Waals surface area contributed by atoms with Crippen molar-refractivity contribution in [2.45, 2.75) is 6.18 Å². The summed E-state index contributed by atoms with van der Waals surface area (Å²) in [7, 11) is 0. The monoisotopic (exact) mass is 331 g/mol. The molecule has 0 amide bonds. The van der Waals surface area contributed by atoms with E-state index in [1.165, 1.54) is 36.4 Å². The zero-order valence-electron chi connectivity index (χ0n) is 12.4. The summed E-state index contributed by atoms with van der Waals surface area (Å²) in [6.07, 6.45) is -1.88. The molecule has 2 rings (SSSR count). The Bertz CT molecular complexity index is 787. The third kappa shape index (κ3) is 4.71. The molecule has 0 unspecified atom stereocenters. The van der Waals surface area contributed by atoms with Gasteiger partial charge in [0.15, 0.2) is 12.4 Å². The molecule has 0 saturated carbocycles. The predicted molar refractivity (Wildman–Crippen MR) is 82.4 cm³/mol. The molecular formula is C18H12F3NO2. The molecular weight excluding hydrogens is 319 g/mol. The van der Waals surface area contributed by atoms with Crippen LogP contribution in [0.25, 0.3) is 6.08 Å². The average Bonchev–Trinajstić information content (AvgIpc) is 2.58. The molecule has 0 aliphatic rings. The van der Waals surface area contributed by atoms with Crippen LogP contribution in [-0.4, -0.2) is 12.4 Å². The van der Waals surface area contributed by atoms with Gasteiger partial charge >= 0.3 is 6.18 Å². The van der Waals surface area contributed by atoms with Crippen molar-refractivity contribution in [2.24, 2.45) is 0 Å². The lowest BCUT2D eigenvalue weighted by atomic mass is 10.1. The lowest BCUT2D eigenvalue weighted by Gasteiger charge is -2.06. The summed E-state index contributed by atoms with van der Waals surface area (Å²) < 4.78 is 43.0. The van der Waals surface area contributed by atoms with Gasteiger partial charge in [0, 0.05) is 5.56 Å². The van der Waals surface area contributed by atoms with Crippen LogP contribution < -0.4 is 4.74 Å². The summed E-state index contributed by atoms with van der Waals surface area (Å²) in [6.45, 7) is -0.0945. The van der Waals surface area contributed by atoms with Crippen molar-refractivity contribution in [2.75, 3.05) is 6.61 Å². The number of allylic oxidation sites excluding steroid dienone is 1. The van der Waals surface area contributed by atoms with E-state index in [1.807, 2.05) is 6.07 Å². The van der Waals surface area contributed by atoms with Gasteiger partial charge in [-0.05, 0) is 48.0 Å². The van der Waals surface area contributed by atoms with Crippen molar-refractivity contribution in [1.82, 2.24) is 0 Å². The normalized spacial score (nSPS) is 11.2. The standard InChI is InChI=1S/C18H12F3NO2/c19-18(20,21)15-3-1-2-13(12-15)4-9-17(23)14-5-7-16(8-6-14)24-11-10-22/h1-9,12H,11H2. The summed E-state index contributed by atoms with van der Waals surface area (Å²) in [4.78, 5) is 12.0. The fraction of sp³-hybridized carbons (Fsp3) is 0.111. The lowest BCUT2D eigenvalue weighted by molar-refractivity contribution is -0.137. The highest BCUT2D eigenvalue weighted by Crippen LogP contribution is 2.29. The Morgan fingerprint density at radius 2 is 1.88 bits per heavy atom. The van der Waals surface area contributed by atoms with Crippen molar-refractivity contribution in [1.29, 1.82) is 5.26 Å². The molecule has 0 saturated heterocycles.